The molecule has 0 amide bonds. The summed E-state index contributed by atoms with van der Waals surface area (Å²) in [6.07, 6.45) is 1.18. The summed E-state index contributed by atoms with van der Waals surface area (Å²) in [5, 5.41) is 0. The highest BCUT2D eigenvalue weighted by atomic mass is 127. The Labute approximate surface area is 135 Å². The molecule has 0 aliphatic carbocycles. The van der Waals surface area contributed by atoms with Gasteiger partial charge in [0.05, 0.1) is 15.9 Å². The molecule has 0 saturated carbocycles. The number of nitrogen functional groups attached to an aromatic ring is 1. The average molecular weight is 413 g/mol. The maximum Gasteiger partial charge on any atom is 0.175 e. The highest BCUT2D eigenvalue weighted by Crippen LogP contribution is 2.28. The monoisotopic (exact) mass is 413 g/mol. The minimum Gasteiger partial charge on any atom is -0.398 e. The van der Waals surface area contributed by atoms with Crippen molar-refractivity contribution in [3.63, 3.8) is 0 Å². The number of aromatic nitrogens is 2. The molecule has 0 aliphatic rings. The number of nitrogens with two attached hydrogens (primary N) is 1. The van der Waals surface area contributed by atoms with Gasteiger partial charge in [-0.25, -0.2) is 13.4 Å². The Morgan fingerprint density at radius 3 is 2.67 bits per heavy atom. The first-order chi connectivity index (χ1) is 9.84. The molecule has 0 spiro atoms. The summed E-state index contributed by atoms with van der Waals surface area (Å²) >= 11 is 2.21. The second-order valence-corrected chi connectivity index (χ2v) is 8.03. The first kappa shape index (κ1) is 14.3. The molecule has 3 N–H and O–H groups in total. The normalized spacial score (nSPS) is 11.9. The highest BCUT2D eigenvalue weighted by molar-refractivity contribution is 14.1. The summed E-state index contributed by atoms with van der Waals surface area (Å²) in [7, 11) is -3.24. The summed E-state index contributed by atoms with van der Waals surface area (Å²) in [6.45, 7) is 0. The number of nitrogens with zero attached hydrogens (tertiary/aromatic N) is 1. The largest absolute Gasteiger partial charge is 0.398 e. The van der Waals surface area contributed by atoms with Crippen molar-refractivity contribution in [3.8, 4) is 11.4 Å². The van der Waals surface area contributed by atoms with E-state index in [4.69, 9.17) is 5.73 Å². The van der Waals surface area contributed by atoms with E-state index in [-0.39, 0.29) is 4.90 Å². The van der Waals surface area contributed by atoms with Gasteiger partial charge >= 0.3 is 0 Å². The lowest BCUT2D eigenvalue weighted by atomic mass is 10.2. The van der Waals surface area contributed by atoms with E-state index in [0.29, 0.717) is 22.5 Å². The smallest absolute Gasteiger partial charge is 0.175 e. The van der Waals surface area contributed by atoms with Crippen molar-refractivity contribution in [1.29, 1.82) is 0 Å². The van der Waals surface area contributed by atoms with Crippen molar-refractivity contribution >= 4 is 49.1 Å². The van der Waals surface area contributed by atoms with Crippen LogP contribution in [0.2, 0.25) is 0 Å². The molecule has 108 valence electrons. The standard InChI is InChI=1S/C14H12IN3O2S/c1-21(19,20)9-3-5-12-13(7-9)18-14(17-12)10-6-8(15)2-4-11(10)16/h2-7H,16H2,1H3,(H,17,18). The van der Waals surface area contributed by atoms with Crippen LogP contribution in [0.4, 0.5) is 5.69 Å². The van der Waals surface area contributed by atoms with Gasteiger partial charge in [-0.2, -0.15) is 0 Å². The van der Waals surface area contributed by atoms with Crippen LogP contribution in [0.25, 0.3) is 22.4 Å². The Morgan fingerprint density at radius 1 is 1.19 bits per heavy atom. The van der Waals surface area contributed by atoms with Crippen LogP contribution in [0.5, 0.6) is 0 Å². The second-order valence-electron chi connectivity index (χ2n) is 4.77. The number of imidazole rings is 1. The highest BCUT2D eigenvalue weighted by Gasteiger charge is 2.12. The third-order valence-electron chi connectivity index (χ3n) is 3.15. The number of hydrogen-bond donors (Lipinski definition) is 2. The molecule has 0 bridgehead atoms. The quantitative estimate of drug-likeness (QED) is 0.500. The Hall–Kier alpha value is -1.61. The molecule has 7 heteroatoms. The molecule has 5 nitrogen and oxygen atoms in total. The number of H-pyrrole nitrogens is 1. The van der Waals surface area contributed by atoms with E-state index in [9.17, 15) is 8.42 Å². The van der Waals surface area contributed by atoms with E-state index < -0.39 is 9.84 Å². The molecule has 1 heterocycles. The van der Waals surface area contributed by atoms with E-state index in [1.165, 1.54) is 6.26 Å². The number of benzene rings is 2. The van der Waals surface area contributed by atoms with Crippen LogP contribution in [0, 0.1) is 3.57 Å². The molecule has 0 atom stereocenters. The molecular formula is C14H12IN3O2S. The zero-order valence-corrected chi connectivity index (χ0v) is 14.1. The number of fused-ring (bicyclic) bond motifs is 1. The second kappa shape index (κ2) is 4.99. The van der Waals surface area contributed by atoms with Gasteiger partial charge in [0.2, 0.25) is 0 Å². The summed E-state index contributed by atoms with van der Waals surface area (Å²) in [5.41, 5.74) is 8.79. The van der Waals surface area contributed by atoms with Crippen molar-refractivity contribution in [2.24, 2.45) is 0 Å². The molecule has 0 aliphatic heterocycles. The zero-order valence-electron chi connectivity index (χ0n) is 11.1. The van der Waals surface area contributed by atoms with Gasteiger partial charge in [0.25, 0.3) is 0 Å². The third-order valence-corrected chi connectivity index (χ3v) is 4.93. The number of rotatable bonds is 2. The van der Waals surface area contributed by atoms with Gasteiger partial charge in [-0.15, -0.1) is 0 Å². The van der Waals surface area contributed by atoms with Gasteiger partial charge in [-0.05, 0) is 59.0 Å². The molecule has 21 heavy (non-hydrogen) atoms. The Kier molecular flexibility index (Phi) is 3.40. The molecule has 1 aromatic heterocycles. The van der Waals surface area contributed by atoms with Crippen LogP contribution < -0.4 is 5.73 Å². The van der Waals surface area contributed by atoms with Gasteiger partial charge in [0, 0.05) is 21.1 Å². The average Bonchev–Trinajstić information content (AvgIpc) is 2.83. The first-order valence-electron chi connectivity index (χ1n) is 6.10. The van der Waals surface area contributed by atoms with Crippen LogP contribution in [0.1, 0.15) is 0 Å². The topological polar surface area (TPSA) is 88.8 Å². The maximum atomic E-state index is 11.6. The van der Waals surface area contributed by atoms with Crippen molar-refractivity contribution in [1.82, 2.24) is 9.97 Å². The van der Waals surface area contributed by atoms with Crippen molar-refractivity contribution in [2.45, 2.75) is 4.90 Å². The predicted molar refractivity (Wildman–Crippen MR) is 91.8 cm³/mol. The number of halogens is 1. The molecule has 3 aromatic rings. The fourth-order valence-electron chi connectivity index (χ4n) is 2.08. The molecule has 2 aromatic carbocycles. The fraction of sp³-hybridized carbons (Fsp3) is 0.0714. The van der Waals surface area contributed by atoms with Gasteiger partial charge in [0.1, 0.15) is 5.82 Å². The lowest BCUT2D eigenvalue weighted by molar-refractivity contribution is 0.602. The van der Waals surface area contributed by atoms with Crippen LogP contribution in [0.3, 0.4) is 0 Å². The predicted octanol–water partition coefficient (Wildman–Crippen LogP) is 2.82. The Balaban J connectivity index is 2.20. The lowest BCUT2D eigenvalue weighted by Gasteiger charge is -2.02. The van der Waals surface area contributed by atoms with Crippen LogP contribution in [-0.2, 0) is 9.84 Å². The fourth-order valence-corrected chi connectivity index (χ4v) is 3.22. The molecule has 0 radical (unpaired) electrons. The van der Waals surface area contributed by atoms with Crippen molar-refractivity contribution < 1.29 is 8.42 Å². The lowest BCUT2D eigenvalue weighted by Crippen LogP contribution is -1.96. The number of sulfone groups is 1. The van der Waals surface area contributed by atoms with Gasteiger partial charge in [-0.1, -0.05) is 0 Å². The minimum absolute atomic E-state index is 0.265. The number of hydrogen-bond acceptors (Lipinski definition) is 4. The molecule has 0 fully saturated rings. The van der Waals surface area contributed by atoms with Crippen LogP contribution in [0.15, 0.2) is 41.3 Å². The van der Waals surface area contributed by atoms with Gasteiger partial charge in [-0.3, -0.25) is 0 Å². The number of anilines is 1. The SMILES string of the molecule is CS(=O)(=O)c1ccc2nc(-c3cc(I)ccc3N)[nH]c2c1. The van der Waals surface area contributed by atoms with E-state index in [2.05, 4.69) is 32.6 Å². The van der Waals surface area contributed by atoms with Crippen LogP contribution >= 0.6 is 22.6 Å². The zero-order chi connectivity index (χ0) is 15.2. The van der Waals surface area contributed by atoms with Crippen LogP contribution in [-0.4, -0.2) is 24.6 Å². The van der Waals surface area contributed by atoms with E-state index in [1.807, 2.05) is 18.2 Å². The Bertz CT molecular complexity index is 948. The number of aromatic amines is 1. The molecular weight excluding hydrogens is 401 g/mol. The van der Waals surface area contributed by atoms with Crippen molar-refractivity contribution in [2.75, 3.05) is 12.0 Å². The summed E-state index contributed by atoms with van der Waals surface area (Å²) in [4.78, 5) is 7.87. The first-order valence-corrected chi connectivity index (χ1v) is 9.07. The number of nitrogens with one attached hydrogen (secondary N) is 1. The van der Waals surface area contributed by atoms with E-state index in [1.54, 1.807) is 18.2 Å². The summed E-state index contributed by atoms with van der Waals surface area (Å²) in [5.74, 6) is 0.631. The van der Waals surface area contributed by atoms with Crippen molar-refractivity contribution in [3.05, 3.63) is 40.0 Å². The summed E-state index contributed by atoms with van der Waals surface area (Å²) in [6, 6.07) is 10.5. The summed E-state index contributed by atoms with van der Waals surface area (Å²) < 4.78 is 24.2. The molecule has 3 rings (SSSR count). The van der Waals surface area contributed by atoms with E-state index in [0.717, 1.165) is 9.13 Å². The van der Waals surface area contributed by atoms with E-state index >= 15 is 0 Å². The Morgan fingerprint density at radius 2 is 1.95 bits per heavy atom. The molecule has 0 unspecified atom stereocenters. The minimum atomic E-state index is -3.24. The maximum absolute atomic E-state index is 11.6. The third kappa shape index (κ3) is 2.75. The van der Waals surface area contributed by atoms with Gasteiger partial charge < -0.3 is 10.7 Å². The van der Waals surface area contributed by atoms with Gasteiger partial charge in [0.15, 0.2) is 9.84 Å². The molecule has 0 saturated heterocycles.